The molecule has 0 aromatic rings. The standard InChI is InChI=1S/C14H28/c1-9-13(5,6)11-14(7,8)10-12(2,3)4/h9H,1,10-11H2,2-8H3. The molecular formula is C14H28. The summed E-state index contributed by atoms with van der Waals surface area (Å²) in [5.41, 5.74) is 1.07. The van der Waals surface area contributed by atoms with Crippen molar-refractivity contribution in [2.75, 3.05) is 0 Å². The third-order valence-electron chi connectivity index (χ3n) is 2.50. The lowest BCUT2D eigenvalue weighted by Crippen LogP contribution is -2.26. The van der Waals surface area contributed by atoms with Crippen LogP contribution in [0.1, 0.15) is 61.3 Å². The Kier molecular flexibility index (Phi) is 4.01. The van der Waals surface area contributed by atoms with Gasteiger partial charge in [-0.15, -0.1) is 6.58 Å². The number of hydrogen-bond acceptors (Lipinski definition) is 0. The Balaban J connectivity index is 4.42. The first kappa shape index (κ1) is 13.7. The molecule has 0 radical (unpaired) electrons. The van der Waals surface area contributed by atoms with Crippen LogP contribution in [0.4, 0.5) is 0 Å². The van der Waals surface area contributed by atoms with Gasteiger partial charge in [0.15, 0.2) is 0 Å². The molecule has 0 heteroatoms. The van der Waals surface area contributed by atoms with Crippen LogP contribution in [0.2, 0.25) is 0 Å². The van der Waals surface area contributed by atoms with Gasteiger partial charge in [-0.1, -0.05) is 54.5 Å². The topological polar surface area (TPSA) is 0 Å². The van der Waals surface area contributed by atoms with E-state index in [1.165, 1.54) is 12.8 Å². The molecule has 0 atom stereocenters. The predicted molar refractivity (Wildman–Crippen MR) is 66.4 cm³/mol. The SMILES string of the molecule is C=CC(C)(C)CC(C)(C)CC(C)(C)C. The normalized spacial score (nSPS) is 14.2. The van der Waals surface area contributed by atoms with Gasteiger partial charge in [0.2, 0.25) is 0 Å². The van der Waals surface area contributed by atoms with Crippen molar-refractivity contribution in [2.45, 2.75) is 61.3 Å². The van der Waals surface area contributed by atoms with E-state index in [4.69, 9.17) is 0 Å². The van der Waals surface area contributed by atoms with Crippen LogP contribution in [-0.4, -0.2) is 0 Å². The van der Waals surface area contributed by atoms with Crippen molar-refractivity contribution in [1.82, 2.24) is 0 Å². The van der Waals surface area contributed by atoms with Gasteiger partial charge in [-0.3, -0.25) is 0 Å². The molecule has 0 saturated heterocycles. The minimum absolute atomic E-state index is 0.259. The number of rotatable bonds is 4. The van der Waals surface area contributed by atoms with Gasteiger partial charge in [-0.05, 0) is 29.1 Å². The Morgan fingerprint density at radius 2 is 1.29 bits per heavy atom. The number of hydrogen-bond donors (Lipinski definition) is 0. The maximum absolute atomic E-state index is 3.91. The molecule has 0 aliphatic rings. The van der Waals surface area contributed by atoms with Crippen molar-refractivity contribution < 1.29 is 0 Å². The summed E-state index contributed by atoms with van der Waals surface area (Å²) in [5, 5.41) is 0. The molecule has 0 unspecified atom stereocenters. The van der Waals surface area contributed by atoms with Crippen molar-refractivity contribution in [3.8, 4) is 0 Å². The monoisotopic (exact) mass is 196 g/mol. The van der Waals surface area contributed by atoms with E-state index in [0.717, 1.165) is 0 Å². The molecule has 0 aliphatic carbocycles. The van der Waals surface area contributed by atoms with Crippen LogP contribution in [0.3, 0.4) is 0 Å². The van der Waals surface area contributed by atoms with Crippen molar-refractivity contribution in [3.63, 3.8) is 0 Å². The zero-order valence-electron chi connectivity index (χ0n) is 11.2. The lowest BCUT2D eigenvalue weighted by atomic mass is 9.68. The van der Waals surface area contributed by atoms with Crippen LogP contribution in [0, 0.1) is 16.2 Å². The highest BCUT2D eigenvalue weighted by molar-refractivity contribution is 4.92. The average Bonchev–Trinajstić information content (AvgIpc) is 1.78. The Morgan fingerprint density at radius 3 is 1.57 bits per heavy atom. The van der Waals surface area contributed by atoms with Crippen LogP contribution in [0.25, 0.3) is 0 Å². The molecule has 0 saturated carbocycles. The zero-order valence-corrected chi connectivity index (χ0v) is 11.2. The summed E-state index contributed by atoms with van der Waals surface area (Å²) < 4.78 is 0. The minimum atomic E-state index is 0.259. The summed E-state index contributed by atoms with van der Waals surface area (Å²) in [6, 6.07) is 0. The van der Waals surface area contributed by atoms with Gasteiger partial charge in [0.25, 0.3) is 0 Å². The molecular weight excluding hydrogens is 168 g/mol. The van der Waals surface area contributed by atoms with E-state index in [1.807, 2.05) is 0 Å². The third-order valence-corrected chi connectivity index (χ3v) is 2.50. The molecule has 0 bridgehead atoms. The first-order chi connectivity index (χ1) is 5.97. The highest BCUT2D eigenvalue weighted by atomic mass is 14.4. The van der Waals surface area contributed by atoms with E-state index in [0.29, 0.717) is 10.8 Å². The maximum Gasteiger partial charge on any atom is -0.0172 e. The van der Waals surface area contributed by atoms with Crippen molar-refractivity contribution in [1.29, 1.82) is 0 Å². The van der Waals surface area contributed by atoms with Gasteiger partial charge in [-0.2, -0.15) is 0 Å². The van der Waals surface area contributed by atoms with E-state index < -0.39 is 0 Å². The smallest absolute Gasteiger partial charge is 0.0172 e. The fraction of sp³-hybridized carbons (Fsp3) is 0.857. The Bertz CT molecular complexity index is 189. The summed E-state index contributed by atoms with van der Waals surface area (Å²) in [6.45, 7) is 20.1. The lowest BCUT2D eigenvalue weighted by Gasteiger charge is -2.37. The fourth-order valence-corrected chi connectivity index (χ4v) is 2.80. The predicted octanol–water partition coefficient (Wildman–Crippen LogP) is 5.05. The summed E-state index contributed by atoms with van der Waals surface area (Å²) >= 11 is 0. The Hall–Kier alpha value is -0.260. The zero-order chi connectivity index (χ0) is 11.6. The third kappa shape index (κ3) is 6.23. The van der Waals surface area contributed by atoms with Crippen LogP contribution >= 0.6 is 0 Å². The summed E-state index contributed by atoms with van der Waals surface area (Å²) in [6.07, 6.45) is 4.55. The van der Waals surface area contributed by atoms with Crippen LogP contribution < -0.4 is 0 Å². The first-order valence-electron chi connectivity index (χ1n) is 5.61. The minimum Gasteiger partial charge on any atom is -0.103 e. The highest BCUT2D eigenvalue weighted by Crippen LogP contribution is 2.41. The van der Waals surface area contributed by atoms with E-state index in [2.05, 4.69) is 61.1 Å². The fourth-order valence-electron chi connectivity index (χ4n) is 2.80. The largest absolute Gasteiger partial charge is 0.103 e. The van der Waals surface area contributed by atoms with Gasteiger partial charge in [0.1, 0.15) is 0 Å². The van der Waals surface area contributed by atoms with E-state index in [1.54, 1.807) is 0 Å². The Labute approximate surface area is 90.8 Å². The average molecular weight is 196 g/mol. The summed E-state index contributed by atoms with van der Waals surface area (Å²) in [4.78, 5) is 0. The van der Waals surface area contributed by atoms with Gasteiger partial charge in [0.05, 0.1) is 0 Å². The summed E-state index contributed by atoms with van der Waals surface area (Å²) in [7, 11) is 0. The van der Waals surface area contributed by atoms with E-state index >= 15 is 0 Å². The van der Waals surface area contributed by atoms with Gasteiger partial charge < -0.3 is 0 Å². The molecule has 0 aromatic heterocycles. The van der Waals surface area contributed by atoms with Crippen LogP contribution in [0.5, 0.6) is 0 Å². The van der Waals surface area contributed by atoms with Gasteiger partial charge in [0, 0.05) is 0 Å². The molecule has 0 heterocycles. The summed E-state index contributed by atoms with van der Waals surface area (Å²) in [5.74, 6) is 0. The second kappa shape index (κ2) is 4.08. The maximum atomic E-state index is 3.91. The highest BCUT2D eigenvalue weighted by Gasteiger charge is 2.30. The molecule has 0 amide bonds. The van der Waals surface area contributed by atoms with Crippen molar-refractivity contribution >= 4 is 0 Å². The van der Waals surface area contributed by atoms with Crippen molar-refractivity contribution in [2.24, 2.45) is 16.2 Å². The molecule has 0 fully saturated rings. The second-order valence-electron chi connectivity index (χ2n) is 7.27. The molecule has 0 aliphatic heterocycles. The molecule has 0 N–H and O–H groups in total. The quantitative estimate of drug-likeness (QED) is 0.552. The molecule has 14 heavy (non-hydrogen) atoms. The lowest BCUT2D eigenvalue weighted by molar-refractivity contribution is 0.156. The molecule has 0 rings (SSSR count). The molecule has 84 valence electrons. The molecule has 0 aromatic carbocycles. The molecule has 0 spiro atoms. The molecule has 0 nitrogen and oxygen atoms in total. The second-order valence-corrected chi connectivity index (χ2v) is 7.27. The van der Waals surface area contributed by atoms with E-state index in [9.17, 15) is 0 Å². The first-order valence-corrected chi connectivity index (χ1v) is 5.61. The van der Waals surface area contributed by atoms with Crippen LogP contribution in [0.15, 0.2) is 12.7 Å². The Morgan fingerprint density at radius 1 is 0.857 bits per heavy atom. The van der Waals surface area contributed by atoms with Gasteiger partial charge >= 0.3 is 0 Å². The van der Waals surface area contributed by atoms with E-state index in [-0.39, 0.29) is 5.41 Å². The van der Waals surface area contributed by atoms with Crippen LogP contribution in [-0.2, 0) is 0 Å². The van der Waals surface area contributed by atoms with Gasteiger partial charge in [-0.25, -0.2) is 0 Å². The number of allylic oxidation sites excluding steroid dienone is 1. The van der Waals surface area contributed by atoms with Crippen molar-refractivity contribution in [3.05, 3.63) is 12.7 Å².